The van der Waals surface area contributed by atoms with Crippen molar-refractivity contribution in [2.45, 2.75) is 32.4 Å². The van der Waals surface area contributed by atoms with Crippen molar-refractivity contribution in [1.82, 2.24) is 4.90 Å². The Morgan fingerprint density at radius 2 is 1.61 bits per heavy atom. The molecule has 0 bridgehead atoms. The highest BCUT2D eigenvalue weighted by Crippen LogP contribution is 2.26. The molecule has 1 aliphatic heterocycles. The summed E-state index contributed by atoms with van der Waals surface area (Å²) < 4.78 is 6.10. The van der Waals surface area contributed by atoms with Gasteiger partial charge in [-0.3, -0.25) is 25.3 Å². The van der Waals surface area contributed by atoms with E-state index in [1.807, 2.05) is 35.2 Å². The number of nitrogens with two attached hydrogens (primary N) is 2. The van der Waals surface area contributed by atoms with Gasteiger partial charge in [0.2, 0.25) is 0 Å². The van der Waals surface area contributed by atoms with Crippen molar-refractivity contribution < 1.29 is 14.3 Å². The number of amidine groups is 2. The Hall–Kier alpha value is -4.40. The zero-order valence-corrected chi connectivity index (χ0v) is 20.2. The lowest BCUT2D eigenvalue weighted by molar-refractivity contribution is -0.135. The number of ether oxygens (including phenoxy) is 1. The Labute approximate surface area is 209 Å². The minimum absolute atomic E-state index is 0.00134. The number of piperidine rings is 1. The monoisotopic (exact) mass is 486 g/mol. The molecule has 0 saturated carbocycles. The third-order valence-electron chi connectivity index (χ3n) is 6.38. The van der Waals surface area contributed by atoms with Gasteiger partial charge in [0.15, 0.2) is 0 Å². The fourth-order valence-electron chi connectivity index (χ4n) is 4.36. The van der Waals surface area contributed by atoms with Crippen molar-refractivity contribution in [3.8, 4) is 5.75 Å². The van der Waals surface area contributed by atoms with E-state index in [-0.39, 0.29) is 18.5 Å². The van der Waals surface area contributed by atoms with Crippen LogP contribution in [0.4, 0.5) is 5.69 Å². The number of primary amides is 1. The highest BCUT2D eigenvalue weighted by molar-refractivity contribution is 6.39. The molecule has 0 aromatic heterocycles. The zero-order valence-electron chi connectivity index (χ0n) is 20.2. The highest BCUT2D eigenvalue weighted by Gasteiger charge is 2.23. The second-order valence-electron chi connectivity index (χ2n) is 8.95. The van der Waals surface area contributed by atoms with Gasteiger partial charge in [0.25, 0.3) is 0 Å². The molecule has 1 fully saturated rings. The first kappa shape index (κ1) is 24.7. The maximum atomic E-state index is 12.7. The van der Waals surface area contributed by atoms with E-state index >= 15 is 0 Å². The van der Waals surface area contributed by atoms with E-state index in [9.17, 15) is 9.59 Å². The molecule has 186 valence electrons. The predicted molar refractivity (Wildman–Crippen MR) is 140 cm³/mol. The van der Waals surface area contributed by atoms with E-state index in [4.69, 9.17) is 27.0 Å². The number of nitrogens with one attached hydrogen (secondary N) is 2. The second-order valence-corrected chi connectivity index (χ2v) is 8.95. The summed E-state index contributed by atoms with van der Waals surface area (Å²) in [5.41, 5.74) is 12.9. The van der Waals surface area contributed by atoms with Crippen LogP contribution in [-0.4, -0.2) is 47.6 Å². The number of anilines is 1. The van der Waals surface area contributed by atoms with Crippen LogP contribution >= 0.6 is 0 Å². The first-order valence-corrected chi connectivity index (χ1v) is 11.8. The third kappa shape index (κ3) is 5.63. The molecule has 1 saturated heterocycles. The summed E-state index contributed by atoms with van der Waals surface area (Å²) in [4.78, 5) is 27.8. The minimum Gasteiger partial charge on any atom is -0.490 e. The predicted octanol–water partition coefficient (Wildman–Crippen LogP) is 2.98. The molecule has 0 unspecified atom stereocenters. The van der Waals surface area contributed by atoms with Gasteiger partial charge in [0.05, 0.1) is 12.4 Å². The minimum atomic E-state index is -1.03. The van der Waals surface area contributed by atoms with Crippen LogP contribution < -0.4 is 21.1 Å². The van der Waals surface area contributed by atoms with Crippen LogP contribution in [-0.2, 0) is 16.1 Å². The average molecular weight is 487 g/mol. The van der Waals surface area contributed by atoms with Crippen LogP contribution in [0, 0.1) is 10.8 Å². The van der Waals surface area contributed by atoms with Crippen molar-refractivity contribution >= 4 is 39.9 Å². The summed E-state index contributed by atoms with van der Waals surface area (Å²) in [7, 11) is 0. The van der Waals surface area contributed by atoms with Crippen molar-refractivity contribution in [2.75, 3.05) is 18.0 Å². The smallest absolute Gasteiger partial charge is 0.316 e. The topological polar surface area (TPSA) is 150 Å². The SMILES string of the molecule is CC(=N)N1CCC(Oc2ccc(N(Cc3ccc4cc(C(=N)N)ccc4c3)C(=O)C(N)=O)cc2)CC1. The molecule has 1 heterocycles. The molecule has 1 aliphatic rings. The first-order chi connectivity index (χ1) is 17.2. The summed E-state index contributed by atoms with van der Waals surface area (Å²) in [5, 5.41) is 17.2. The molecule has 36 heavy (non-hydrogen) atoms. The number of nitrogens with zero attached hydrogens (tertiary/aromatic N) is 2. The maximum Gasteiger partial charge on any atom is 0.316 e. The molecule has 6 N–H and O–H groups in total. The largest absolute Gasteiger partial charge is 0.490 e. The number of carbonyl (C=O) groups excluding carboxylic acids is 2. The maximum absolute atomic E-state index is 12.7. The third-order valence-corrected chi connectivity index (χ3v) is 6.38. The quantitative estimate of drug-likeness (QED) is 0.240. The molecule has 0 atom stereocenters. The van der Waals surface area contributed by atoms with Gasteiger partial charge >= 0.3 is 11.8 Å². The number of likely N-dealkylation sites (tertiary alicyclic amines) is 1. The summed E-state index contributed by atoms with van der Waals surface area (Å²) in [6.45, 7) is 3.54. The molecule has 9 nitrogen and oxygen atoms in total. The molecule has 0 spiro atoms. The molecule has 0 radical (unpaired) electrons. The van der Waals surface area contributed by atoms with Crippen molar-refractivity contribution in [3.63, 3.8) is 0 Å². The molecule has 0 aliphatic carbocycles. The Morgan fingerprint density at radius 1 is 0.972 bits per heavy atom. The van der Waals surface area contributed by atoms with E-state index < -0.39 is 11.8 Å². The Bertz CT molecular complexity index is 1310. The number of hydrogen-bond acceptors (Lipinski definition) is 5. The van der Waals surface area contributed by atoms with E-state index in [0.717, 1.165) is 42.3 Å². The van der Waals surface area contributed by atoms with Gasteiger partial charge in [-0.05, 0) is 59.7 Å². The fourth-order valence-corrected chi connectivity index (χ4v) is 4.36. The molecule has 3 aromatic rings. The standard InChI is InChI=1S/C27H30N6O3/c1-17(28)32-12-10-24(11-13-32)36-23-8-6-22(7-9-23)33(27(35)26(31)34)16-18-2-3-20-15-21(25(29)30)5-4-19(20)14-18/h2-9,14-15,24,28H,10-13,16H2,1H3,(H3,29,30)(H2,31,34). The van der Waals surface area contributed by atoms with Crippen molar-refractivity contribution in [3.05, 3.63) is 71.8 Å². The number of rotatable bonds is 6. The zero-order chi connectivity index (χ0) is 25.8. The van der Waals surface area contributed by atoms with Gasteiger partial charge in [-0.25, -0.2) is 0 Å². The lowest BCUT2D eigenvalue weighted by atomic mass is 10.0. The van der Waals surface area contributed by atoms with E-state index in [2.05, 4.69) is 0 Å². The number of hydrogen-bond donors (Lipinski definition) is 4. The summed E-state index contributed by atoms with van der Waals surface area (Å²) in [6, 6.07) is 18.2. The van der Waals surface area contributed by atoms with Crippen LogP contribution in [0.1, 0.15) is 30.9 Å². The van der Waals surface area contributed by atoms with E-state index in [1.54, 1.807) is 37.3 Å². The van der Waals surface area contributed by atoms with Crippen LogP contribution in [0.25, 0.3) is 10.8 Å². The van der Waals surface area contributed by atoms with Crippen LogP contribution in [0.15, 0.2) is 60.7 Å². The van der Waals surface area contributed by atoms with Gasteiger partial charge in [-0.1, -0.05) is 24.3 Å². The molecule has 3 aromatic carbocycles. The van der Waals surface area contributed by atoms with Crippen LogP contribution in [0.3, 0.4) is 0 Å². The van der Waals surface area contributed by atoms with Gasteiger partial charge < -0.3 is 21.1 Å². The van der Waals surface area contributed by atoms with Crippen LogP contribution in [0.5, 0.6) is 5.75 Å². The number of carbonyl (C=O) groups is 2. The molecular weight excluding hydrogens is 456 g/mol. The summed E-state index contributed by atoms with van der Waals surface area (Å²) >= 11 is 0. The second kappa shape index (κ2) is 10.5. The fraction of sp³-hybridized carbons (Fsp3) is 0.259. The normalized spacial score (nSPS) is 13.9. The van der Waals surface area contributed by atoms with Gasteiger partial charge in [0, 0.05) is 37.2 Å². The van der Waals surface area contributed by atoms with Gasteiger partial charge in [0.1, 0.15) is 17.7 Å². The van der Waals surface area contributed by atoms with Crippen LogP contribution in [0.2, 0.25) is 0 Å². The summed E-state index contributed by atoms with van der Waals surface area (Å²) in [5.74, 6) is -0.578. The lowest BCUT2D eigenvalue weighted by Crippen LogP contribution is -2.40. The van der Waals surface area contributed by atoms with E-state index in [0.29, 0.717) is 22.8 Å². The Morgan fingerprint density at radius 3 is 2.22 bits per heavy atom. The lowest BCUT2D eigenvalue weighted by Gasteiger charge is -2.32. The number of nitrogen functional groups attached to an aromatic ring is 1. The van der Waals surface area contributed by atoms with E-state index in [1.165, 1.54) is 4.90 Å². The number of benzene rings is 3. The summed E-state index contributed by atoms with van der Waals surface area (Å²) in [6.07, 6.45) is 1.73. The Balaban J connectivity index is 1.50. The molecule has 2 amide bonds. The van der Waals surface area contributed by atoms with Gasteiger partial charge in [-0.15, -0.1) is 0 Å². The Kier molecular flexibility index (Phi) is 7.19. The highest BCUT2D eigenvalue weighted by atomic mass is 16.5. The van der Waals surface area contributed by atoms with Crippen molar-refractivity contribution in [1.29, 1.82) is 10.8 Å². The first-order valence-electron chi connectivity index (χ1n) is 11.8. The average Bonchev–Trinajstić information content (AvgIpc) is 2.87. The number of amides is 2. The van der Waals surface area contributed by atoms with Gasteiger partial charge in [-0.2, -0.15) is 0 Å². The molecular formula is C27H30N6O3. The number of fused-ring (bicyclic) bond motifs is 1. The molecule has 4 rings (SSSR count). The van der Waals surface area contributed by atoms with Crippen molar-refractivity contribution in [2.24, 2.45) is 11.5 Å². The molecule has 9 heteroatoms.